The number of carboxylic acid groups (broad SMARTS) is 1. The molecule has 0 saturated carbocycles. The van der Waals surface area contributed by atoms with Gasteiger partial charge in [-0.05, 0) is 24.6 Å². The summed E-state index contributed by atoms with van der Waals surface area (Å²) < 4.78 is 4.74. The number of amides is 3. The van der Waals surface area contributed by atoms with Crippen LogP contribution in [0.15, 0.2) is 57.2 Å². The van der Waals surface area contributed by atoms with Crippen LogP contribution in [0.5, 0.6) is 0 Å². The Bertz CT molecular complexity index is 1490. The molecule has 43 heavy (non-hydrogen) atoms. The fraction of sp³-hybridized carbons (Fsp3) is 0.333. The number of aromatic nitrogens is 1. The number of ether oxygens (including phenoxy) is 1. The van der Waals surface area contributed by atoms with Crippen LogP contribution in [0.2, 0.25) is 0 Å². The molecule has 1 aromatic rings. The highest BCUT2D eigenvalue weighted by Crippen LogP contribution is 2.41. The molecule has 19 heteroatoms. The fourth-order valence-corrected chi connectivity index (χ4v) is 7.07. The Morgan fingerprint density at radius 1 is 1.33 bits per heavy atom. The summed E-state index contributed by atoms with van der Waals surface area (Å²) in [6.45, 7) is 2.31. The molecule has 7 N–H and O–H groups in total. The van der Waals surface area contributed by atoms with Crippen LogP contribution in [-0.4, -0.2) is 97.2 Å². The SMILES string of the molecule is CCO/N=C(\C(=O)N[C@@H]1C(=O)N2C(C(=O)O)=C(CN3C=CN4NC(SCCOC(N)=O)=CC=C34)CS[C@@H]12)c1csc(N)n1. The van der Waals surface area contributed by atoms with Crippen LogP contribution in [0.4, 0.5) is 9.93 Å². The number of hydrogen-bond acceptors (Lipinski definition) is 15. The Morgan fingerprint density at radius 2 is 2.14 bits per heavy atom. The number of primary amides is 1. The van der Waals surface area contributed by atoms with E-state index < -0.39 is 35.3 Å². The molecule has 228 valence electrons. The highest BCUT2D eigenvalue weighted by molar-refractivity contribution is 8.03. The van der Waals surface area contributed by atoms with E-state index in [-0.39, 0.29) is 42.0 Å². The van der Waals surface area contributed by atoms with Crippen molar-refractivity contribution in [1.29, 1.82) is 0 Å². The highest BCUT2D eigenvalue weighted by atomic mass is 32.2. The number of thioether (sulfide) groups is 2. The lowest BCUT2D eigenvalue weighted by atomic mass is 10.0. The van der Waals surface area contributed by atoms with Gasteiger partial charge >= 0.3 is 12.1 Å². The summed E-state index contributed by atoms with van der Waals surface area (Å²) in [6, 6.07) is -0.960. The Hall–Kier alpha value is -4.36. The number of carbonyl (C=O) groups is 4. The topological polar surface area (TPSA) is 218 Å². The number of oxime groups is 1. The molecule has 4 aliphatic rings. The highest BCUT2D eigenvalue weighted by Gasteiger charge is 2.54. The minimum absolute atomic E-state index is 0.104. The number of nitrogen functional groups attached to an aromatic ring is 1. The summed E-state index contributed by atoms with van der Waals surface area (Å²) in [5.74, 6) is -0.879. The third kappa shape index (κ3) is 6.37. The lowest BCUT2D eigenvalue weighted by Crippen LogP contribution is -2.71. The molecule has 0 unspecified atom stereocenters. The number of nitrogens with two attached hydrogens (primary N) is 2. The second-order valence-electron chi connectivity index (χ2n) is 9.03. The van der Waals surface area contributed by atoms with Crippen molar-refractivity contribution in [3.05, 3.63) is 57.7 Å². The van der Waals surface area contributed by atoms with E-state index in [4.69, 9.17) is 21.0 Å². The zero-order chi connectivity index (χ0) is 30.7. The van der Waals surface area contributed by atoms with Gasteiger partial charge in [0, 0.05) is 35.8 Å². The quantitative estimate of drug-likeness (QED) is 0.0892. The van der Waals surface area contributed by atoms with Gasteiger partial charge in [-0.1, -0.05) is 5.16 Å². The van der Waals surface area contributed by atoms with Gasteiger partial charge in [0.1, 0.15) is 41.8 Å². The molecule has 0 spiro atoms. The monoisotopic (exact) mass is 649 g/mol. The number of β-lactam (4-membered cyclic amide) rings is 1. The van der Waals surface area contributed by atoms with Gasteiger partial charge in [0.2, 0.25) is 0 Å². The maximum Gasteiger partial charge on any atom is 0.404 e. The average Bonchev–Trinajstić information content (AvgIpc) is 3.59. The largest absolute Gasteiger partial charge is 0.477 e. The molecule has 1 saturated heterocycles. The number of fused-ring (bicyclic) bond motifs is 2. The first-order chi connectivity index (χ1) is 20.7. The zero-order valence-electron chi connectivity index (χ0n) is 22.6. The number of aliphatic carboxylic acids is 1. The number of carboxylic acids is 1. The Morgan fingerprint density at radius 3 is 2.84 bits per heavy atom. The lowest BCUT2D eigenvalue weighted by Gasteiger charge is -2.49. The standard InChI is InChI=1S/C24H27N9O7S3/c1-2-40-30-16(13-11-43-23(25)27-13)19(34)28-17-20(35)33-18(22(36)37)12(10-42-21(17)33)9-31-5-6-32-15(31)4-3-14(29-32)41-8-7-39-24(26)38/h3-6,11,17,21,29H,2,7-10H2,1H3,(H2,25,27)(H2,26,38)(H,28,34)(H,36,37)/b30-16-/t17-,21+/m1/s1. The van der Waals surface area contributed by atoms with Crippen molar-refractivity contribution in [2.75, 3.05) is 37.0 Å². The number of rotatable bonds is 12. The fourth-order valence-electron chi connectivity index (χ4n) is 4.47. The van der Waals surface area contributed by atoms with E-state index in [2.05, 4.69) is 20.9 Å². The molecule has 0 radical (unpaired) electrons. The number of carbonyl (C=O) groups excluding carboxylic acids is 3. The van der Waals surface area contributed by atoms with E-state index in [1.54, 1.807) is 29.7 Å². The number of nitrogens with one attached hydrogen (secondary N) is 2. The summed E-state index contributed by atoms with van der Waals surface area (Å²) in [6.07, 6.45) is 6.48. The molecule has 5 rings (SSSR count). The number of thiazole rings is 1. The lowest BCUT2D eigenvalue weighted by molar-refractivity contribution is -0.150. The van der Waals surface area contributed by atoms with Crippen molar-refractivity contribution in [3.8, 4) is 0 Å². The molecular weight excluding hydrogens is 623 g/mol. The molecule has 4 aliphatic heterocycles. The predicted octanol–water partition coefficient (Wildman–Crippen LogP) is 0.323. The van der Waals surface area contributed by atoms with E-state index >= 15 is 0 Å². The molecule has 0 bridgehead atoms. The van der Waals surface area contributed by atoms with Gasteiger partial charge in [0.25, 0.3) is 11.8 Å². The number of allylic oxidation sites excluding steroid dienone is 2. The molecule has 0 aliphatic carbocycles. The van der Waals surface area contributed by atoms with Crippen LogP contribution >= 0.6 is 34.9 Å². The van der Waals surface area contributed by atoms with Crippen molar-refractivity contribution in [2.45, 2.75) is 18.3 Å². The van der Waals surface area contributed by atoms with Gasteiger partial charge in [-0.3, -0.25) is 19.9 Å². The Labute approximate surface area is 257 Å². The van der Waals surface area contributed by atoms with E-state index in [1.165, 1.54) is 28.4 Å². The predicted molar refractivity (Wildman–Crippen MR) is 159 cm³/mol. The average molecular weight is 650 g/mol. The summed E-state index contributed by atoms with van der Waals surface area (Å²) in [4.78, 5) is 61.6. The van der Waals surface area contributed by atoms with Crippen molar-refractivity contribution in [1.82, 2.24) is 30.5 Å². The maximum absolute atomic E-state index is 13.2. The molecule has 5 heterocycles. The van der Waals surface area contributed by atoms with Crippen LogP contribution < -0.4 is 22.2 Å². The Kier molecular flexibility index (Phi) is 9.02. The summed E-state index contributed by atoms with van der Waals surface area (Å²) in [7, 11) is 0. The van der Waals surface area contributed by atoms with Gasteiger partial charge in [-0.25, -0.2) is 19.6 Å². The van der Waals surface area contributed by atoms with Crippen LogP contribution in [-0.2, 0) is 24.0 Å². The van der Waals surface area contributed by atoms with Crippen LogP contribution in [0, 0.1) is 0 Å². The summed E-state index contributed by atoms with van der Waals surface area (Å²) in [5.41, 5.74) is 14.4. The normalized spacial score (nSPS) is 20.9. The Balaban J connectivity index is 1.26. The van der Waals surface area contributed by atoms with Gasteiger partial charge in [-0.15, -0.1) is 34.9 Å². The van der Waals surface area contributed by atoms with Gasteiger partial charge < -0.3 is 36.4 Å². The zero-order valence-corrected chi connectivity index (χ0v) is 25.0. The third-order valence-electron chi connectivity index (χ3n) is 6.30. The molecule has 2 atom stereocenters. The second kappa shape index (κ2) is 12.9. The minimum Gasteiger partial charge on any atom is -0.477 e. The van der Waals surface area contributed by atoms with E-state index in [9.17, 15) is 24.3 Å². The second-order valence-corrected chi connectivity index (χ2v) is 12.2. The van der Waals surface area contributed by atoms with E-state index in [0.29, 0.717) is 17.1 Å². The first-order valence-electron chi connectivity index (χ1n) is 12.8. The van der Waals surface area contributed by atoms with Crippen LogP contribution in [0.25, 0.3) is 0 Å². The smallest absolute Gasteiger partial charge is 0.404 e. The van der Waals surface area contributed by atoms with Crippen molar-refractivity contribution in [2.24, 2.45) is 10.9 Å². The van der Waals surface area contributed by atoms with Gasteiger partial charge in [-0.2, -0.15) is 0 Å². The van der Waals surface area contributed by atoms with Crippen LogP contribution in [0.1, 0.15) is 12.6 Å². The number of nitrogens with zero attached hydrogens (tertiary/aromatic N) is 5. The van der Waals surface area contributed by atoms with Crippen molar-refractivity contribution >= 4 is 69.6 Å². The molecule has 1 aromatic heterocycles. The van der Waals surface area contributed by atoms with Crippen molar-refractivity contribution < 1.29 is 33.9 Å². The molecule has 3 amide bonds. The summed E-state index contributed by atoms with van der Waals surface area (Å²) in [5, 5.41) is 20.4. The van der Waals surface area contributed by atoms with E-state index in [0.717, 1.165) is 22.2 Å². The van der Waals surface area contributed by atoms with Crippen molar-refractivity contribution in [3.63, 3.8) is 0 Å². The molecule has 0 aromatic carbocycles. The van der Waals surface area contributed by atoms with Gasteiger partial charge in [0.15, 0.2) is 10.8 Å². The minimum atomic E-state index is -1.23. The molecular formula is C24H27N9O7S3. The first-order valence-corrected chi connectivity index (χ1v) is 15.7. The maximum atomic E-state index is 13.2. The van der Waals surface area contributed by atoms with Crippen LogP contribution in [0.3, 0.4) is 0 Å². The number of anilines is 1. The van der Waals surface area contributed by atoms with E-state index in [1.807, 2.05) is 17.1 Å². The number of hydrogen-bond donors (Lipinski definition) is 5. The summed E-state index contributed by atoms with van der Waals surface area (Å²) >= 11 is 3.92. The first kappa shape index (κ1) is 30.1. The number of hydrazine groups is 1. The molecule has 16 nitrogen and oxygen atoms in total. The third-order valence-corrected chi connectivity index (χ3v) is 9.22. The van der Waals surface area contributed by atoms with Gasteiger partial charge in [0.05, 0.1) is 5.03 Å². The molecule has 1 fully saturated rings.